The highest BCUT2D eigenvalue weighted by Gasteiger charge is 2.45. The van der Waals surface area contributed by atoms with Gasteiger partial charge in [-0.15, -0.1) is 5.10 Å². The van der Waals surface area contributed by atoms with Gasteiger partial charge in [-0.3, -0.25) is 4.68 Å². The summed E-state index contributed by atoms with van der Waals surface area (Å²) in [7, 11) is 1.61. The van der Waals surface area contributed by atoms with Crippen molar-refractivity contribution in [2.24, 2.45) is 0 Å². The first-order valence-corrected chi connectivity index (χ1v) is 13.1. The zero-order valence-corrected chi connectivity index (χ0v) is 22.9. The molecule has 0 amide bonds. The Morgan fingerprint density at radius 1 is 0.897 bits per heavy atom. The fourth-order valence-corrected chi connectivity index (χ4v) is 4.57. The van der Waals surface area contributed by atoms with Crippen molar-refractivity contribution in [2.75, 3.05) is 13.7 Å². The van der Waals surface area contributed by atoms with Gasteiger partial charge in [0, 0.05) is 23.6 Å². The molecule has 212 valence electrons. The second kappa shape index (κ2) is 12.4. The van der Waals surface area contributed by atoms with Crippen molar-refractivity contribution < 1.29 is 39.4 Å². The smallest absolute Gasteiger partial charge is 0.239 e. The number of nitrogens with zero attached hydrogens (tertiary/aromatic N) is 2. The average molecular weight is 543 g/mol. The maximum absolute atomic E-state index is 10.6. The zero-order chi connectivity index (χ0) is 28.3. The Labute approximate surface area is 228 Å². The molecule has 1 fully saturated rings. The van der Waals surface area contributed by atoms with Crippen LogP contribution in [0.1, 0.15) is 44.9 Å². The molecule has 0 radical (unpaired) electrons. The highest BCUT2D eigenvalue weighted by molar-refractivity contribution is 5.68. The summed E-state index contributed by atoms with van der Waals surface area (Å²) in [6, 6.07) is 15.3. The van der Waals surface area contributed by atoms with Gasteiger partial charge in [0.05, 0.1) is 25.5 Å². The van der Waals surface area contributed by atoms with Crippen molar-refractivity contribution in [3.8, 4) is 28.6 Å². The van der Waals surface area contributed by atoms with Crippen LogP contribution < -0.4 is 14.2 Å². The Hall–Kier alpha value is -3.15. The standard InChI is InChI=1S/C29H38N2O8/c1-16(2)31-24(19-8-12-21(13-9-19)37-17(3)4)22(14-18-6-10-20(36-5)11-7-18)28(30-31)39-29-27(35)26(34)25(33)23(15-32)38-29/h6-13,16-17,23,25-27,29,32-35H,14-15H2,1-5H3/t23-,25-,26+,27-,29+/m1/s1. The van der Waals surface area contributed by atoms with Gasteiger partial charge in [0.1, 0.15) is 35.9 Å². The Morgan fingerprint density at radius 2 is 1.54 bits per heavy atom. The van der Waals surface area contributed by atoms with Crippen LogP contribution in [0.5, 0.6) is 17.4 Å². The topological polar surface area (TPSA) is 136 Å². The van der Waals surface area contributed by atoms with Gasteiger partial charge in [-0.05, 0) is 69.7 Å². The van der Waals surface area contributed by atoms with Gasteiger partial charge >= 0.3 is 0 Å². The van der Waals surface area contributed by atoms with E-state index in [2.05, 4.69) is 0 Å². The van der Waals surface area contributed by atoms with E-state index < -0.39 is 37.3 Å². The quantitative estimate of drug-likeness (QED) is 0.305. The predicted molar refractivity (Wildman–Crippen MR) is 144 cm³/mol. The molecule has 10 nitrogen and oxygen atoms in total. The molecule has 1 aliphatic rings. The van der Waals surface area contributed by atoms with Gasteiger partial charge in [-0.1, -0.05) is 12.1 Å². The number of methoxy groups -OCH3 is 1. The molecule has 10 heteroatoms. The van der Waals surface area contributed by atoms with Crippen molar-refractivity contribution in [3.05, 3.63) is 59.7 Å². The van der Waals surface area contributed by atoms with Gasteiger partial charge in [0.2, 0.25) is 12.2 Å². The molecule has 0 bridgehead atoms. The normalized spacial score (nSPS) is 23.3. The van der Waals surface area contributed by atoms with Crippen LogP contribution in [0.4, 0.5) is 0 Å². The van der Waals surface area contributed by atoms with Crippen LogP contribution in [0.25, 0.3) is 11.3 Å². The molecule has 0 aliphatic carbocycles. The van der Waals surface area contributed by atoms with E-state index >= 15 is 0 Å². The highest BCUT2D eigenvalue weighted by Crippen LogP contribution is 2.37. The number of rotatable bonds is 10. The summed E-state index contributed by atoms with van der Waals surface area (Å²) in [5.41, 5.74) is 3.41. The van der Waals surface area contributed by atoms with Crippen molar-refractivity contribution in [1.29, 1.82) is 0 Å². The summed E-state index contributed by atoms with van der Waals surface area (Å²) >= 11 is 0. The molecular weight excluding hydrogens is 504 g/mol. The Morgan fingerprint density at radius 3 is 2.10 bits per heavy atom. The molecule has 2 heterocycles. The zero-order valence-electron chi connectivity index (χ0n) is 22.9. The van der Waals surface area contributed by atoms with Crippen LogP contribution in [-0.2, 0) is 11.2 Å². The molecule has 39 heavy (non-hydrogen) atoms. The SMILES string of the molecule is COc1ccc(Cc2c(O[C@@H]3O[C@H](CO)[C@@H](O)[C@H](O)[C@H]3O)nn(C(C)C)c2-c2ccc(OC(C)C)cc2)cc1. The first-order valence-electron chi connectivity index (χ1n) is 13.1. The summed E-state index contributed by atoms with van der Waals surface area (Å²) < 4.78 is 24.7. The van der Waals surface area contributed by atoms with Gasteiger partial charge in [0.15, 0.2) is 0 Å². The molecule has 1 saturated heterocycles. The van der Waals surface area contributed by atoms with Gasteiger partial charge in [-0.25, -0.2) is 0 Å². The number of aliphatic hydroxyl groups is 4. The van der Waals surface area contributed by atoms with Crippen LogP contribution in [0.15, 0.2) is 48.5 Å². The lowest BCUT2D eigenvalue weighted by molar-refractivity contribution is -0.278. The lowest BCUT2D eigenvalue weighted by Gasteiger charge is -2.39. The maximum Gasteiger partial charge on any atom is 0.239 e. The minimum Gasteiger partial charge on any atom is -0.497 e. The lowest BCUT2D eigenvalue weighted by Crippen LogP contribution is -2.60. The van der Waals surface area contributed by atoms with Crippen LogP contribution >= 0.6 is 0 Å². The number of aliphatic hydroxyl groups excluding tert-OH is 4. The summed E-state index contributed by atoms with van der Waals surface area (Å²) in [4.78, 5) is 0. The molecule has 4 N–H and O–H groups in total. The van der Waals surface area contributed by atoms with E-state index in [-0.39, 0.29) is 18.0 Å². The summed E-state index contributed by atoms with van der Waals surface area (Å²) in [5, 5.41) is 45.5. The molecule has 0 spiro atoms. The Kier molecular flexibility index (Phi) is 9.14. The first kappa shape index (κ1) is 28.8. The van der Waals surface area contributed by atoms with Crippen LogP contribution in [0.3, 0.4) is 0 Å². The molecule has 0 saturated carbocycles. The fraction of sp³-hybridized carbons (Fsp3) is 0.483. The number of ether oxygens (including phenoxy) is 4. The van der Waals surface area contributed by atoms with Crippen LogP contribution in [0.2, 0.25) is 0 Å². The van der Waals surface area contributed by atoms with Crippen molar-refractivity contribution >= 4 is 0 Å². The van der Waals surface area contributed by atoms with Crippen molar-refractivity contribution in [1.82, 2.24) is 9.78 Å². The van der Waals surface area contributed by atoms with E-state index in [1.807, 2.05) is 80.9 Å². The van der Waals surface area contributed by atoms with E-state index in [0.29, 0.717) is 6.42 Å². The summed E-state index contributed by atoms with van der Waals surface area (Å²) in [5.74, 6) is 1.69. The molecule has 0 unspecified atom stereocenters. The molecule has 3 aromatic rings. The van der Waals surface area contributed by atoms with E-state index in [0.717, 1.165) is 33.9 Å². The Balaban J connectivity index is 1.79. The summed E-state index contributed by atoms with van der Waals surface area (Å²) in [6.07, 6.45) is -6.59. The van der Waals surface area contributed by atoms with Crippen molar-refractivity contribution in [2.45, 2.75) is 77.0 Å². The number of hydrogen-bond acceptors (Lipinski definition) is 9. The number of hydrogen-bond donors (Lipinski definition) is 4. The second-order valence-corrected chi connectivity index (χ2v) is 10.2. The van der Waals surface area contributed by atoms with E-state index in [9.17, 15) is 20.4 Å². The molecule has 4 rings (SSSR count). The third-order valence-corrected chi connectivity index (χ3v) is 6.58. The predicted octanol–water partition coefficient (Wildman–Crippen LogP) is 2.70. The summed E-state index contributed by atoms with van der Waals surface area (Å²) in [6.45, 7) is 7.39. The third-order valence-electron chi connectivity index (χ3n) is 6.58. The maximum atomic E-state index is 10.6. The van der Waals surface area contributed by atoms with Gasteiger partial charge in [-0.2, -0.15) is 0 Å². The molecule has 1 aliphatic heterocycles. The molecule has 1 aromatic heterocycles. The minimum atomic E-state index is -1.56. The van der Waals surface area contributed by atoms with E-state index in [1.165, 1.54) is 0 Å². The number of aromatic nitrogens is 2. The molecule has 5 atom stereocenters. The van der Waals surface area contributed by atoms with Gasteiger partial charge in [0.25, 0.3) is 0 Å². The largest absolute Gasteiger partial charge is 0.497 e. The Bertz CT molecular complexity index is 1210. The minimum absolute atomic E-state index is 0.0428. The number of benzene rings is 2. The monoisotopic (exact) mass is 542 g/mol. The van der Waals surface area contributed by atoms with Crippen molar-refractivity contribution in [3.63, 3.8) is 0 Å². The fourth-order valence-electron chi connectivity index (χ4n) is 4.57. The average Bonchev–Trinajstić information content (AvgIpc) is 3.27. The molecular formula is C29H38N2O8. The third kappa shape index (κ3) is 6.37. The molecule has 2 aromatic carbocycles. The van der Waals surface area contributed by atoms with Gasteiger partial charge < -0.3 is 39.4 Å². The van der Waals surface area contributed by atoms with Crippen LogP contribution in [0, 0.1) is 0 Å². The second-order valence-electron chi connectivity index (χ2n) is 10.2. The lowest BCUT2D eigenvalue weighted by atomic mass is 9.99. The van der Waals surface area contributed by atoms with E-state index in [4.69, 9.17) is 24.0 Å². The van der Waals surface area contributed by atoms with Crippen LogP contribution in [-0.4, -0.2) is 80.7 Å². The highest BCUT2D eigenvalue weighted by atomic mass is 16.7. The first-order chi connectivity index (χ1) is 18.6. The van der Waals surface area contributed by atoms with E-state index in [1.54, 1.807) is 7.11 Å².